The number of aromatic nitrogens is 2. The lowest BCUT2D eigenvalue weighted by atomic mass is 10.1. The van der Waals surface area contributed by atoms with E-state index in [4.69, 9.17) is 5.73 Å². The molecule has 1 aromatic heterocycles. The molecule has 76 valence electrons. The number of nitrogens with two attached hydrogens (primary N) is 1. The third-order valence-electron chi connectivity index (χ3n) is 1.90. The van der Waals surface area contributed by atoms with E-state index >= 15 is 0 Å². The molecule has 0 fully saturated rings. The molecule has 0 saturated carbocycles. The number of rotatable bonds is 0. The second-order valence-electron chi connectivity index (χ2n) is 3.09. The van der Waals surface area contributed by atoms with E-state index in [-0.39, 0.29) is 0 Å². The van der Waals surface area contributed by atoms with Crippen molar-refractivity contribution in [2.75, 3.05) is 5.73 Å². The molecule has 1 aromatic carbocycles. The van der Waals surface area contributed by atoms with Gasteiger partial charge in [-0.25, -0.2) is 0 Å². The summed E-state index contributed by atoms with van der Waals surface area (Å²) in [5.74, 6) is 0. The fourth-order valence-electron chi connectivity index (χ4n) is 1.44. The highest BCUT2D eigenvalue weighted by Crippen LogP contribution is 2.20. The van der Waals surface area contributed by atoms with Gasteiger partial charge >= 0.3 is 0 Å². The highest BCUT2D eigenvalue weighted by molar-refractivity contribution is 5.89. The summed E-state index contributed by atoms with van der Waals surface area (Å²) < 4.78 is 1.78. The third kappa shape index (κ3) is 1.87. The zero-order valence-corrected chi connectivity index (χ0v) is 9.20. The quantitative estimate of drug-likeness (QED) is 0.650. The number of fused-ring (bicyclic) bond motifs is 1. The number of anilines is 1. The van der Waals surface area contributed by atoms with Crippen molar-refractivity contribution >= 4 is 16.6 Å². The maximum atomic E-state index is 5.79. The van der Waals surface area contributed by atoms with E-state index < -0.39 is 0 Å². The molecule has 0 aliphatic rings. The number of hydrogen-bond acceptors (Lipinski definition) is 2. The second kappa shape index (κ2) is 4.13. The molecule has 3 nitrogen and oxygen atoms in total. The average Bonchev–Trinajstić information content (AvgIpc) is 2.49. The molecule has 0 aliphatic carbocycles. The van der Waals surface area contributed by atoms with Crippen molar-refractivity contribution in [1.29, 1.82) is 0 Å². The minimum absolute atomic E-state index is 0.755. The topological polar surface area (TPSA) is 43.8 Å². The lowest BCUT2D eigenvalue weighted by molar-refractivity contribution is 0.780. The summed E-state index contributed by atoms with van der Waals surface area (Å²) in [6.45, 7) is 6.03. The van der Waals surface area contributed by atoms with Crippen molar-refractivity contribution in [2.45, 2.75) is 20.8 Å². The van der Waals surface area contributed by atoms with Gasteiger partial charge in [-0.15, -0.1) is 0 Å². The summed E-state index contributed by atoms with van der Waals surface area (Å²) in [5, 5.41) is 5.35. The number of hydrogen-bond donors (Lipinski definition) is 1. The van der Waals surface area contributed by atoms with Crippen LogP contribution in [-0.2, 0) is 7.05 Å². The predicted molar refractivity (Wildman–Crippen MR) is 61.2 cm³/mol. The van der Waals surface area contributed by atoms with Crippen LogP contribution in [0, 0.1) is 6.92 Å². The number of nitrogen functional groups attached to an aromatic ring is 1. The smallest absolute Gasteiger partial charge is 0.115 e. The van der Waals surface area contributed by atoms with E-state index in [0.717, 1.165) is 16.6 Å². The first kappa shape index (κ1) is 10.6. The van der Waals surface area contributed by atoms with Crippen molar-refractivity contribution in [3.63, 3.8) is 0 Å². The van der Waals surface area contributed by atoms with Crippen LogP contribution in [-0.4, -0.2) is 9.78 Å². The van der Waals surface area contributed by atoms with Crippen LogP contribution in [0.5, 0.6) is 0 Å². The molecule has 0 amide bonds. The van der Waals surface area contributed by atoms with Gasteiger partial charge in [-0.05, 0) is 24.6 Å². The Morgan fingerprint density at radius 3 is 2.57 bits per heavy atom. The normalized spacial score (nSPS) is 9.71. The van der Waals surface area contributed by atoms with Crippen LogP contribution in [0.3, 0.4) is 0 Å². The molecule has 0 bridgehead atoms. The van der Waals surface area contributed by atoms with Crippen molar-refractivity contribution in [2.24, 2.45) is 7.05 Å². The van der Waals surface area contributed by atoms with Gasteiger partial charge < -0.3 is 5.73 Å². The van der Waals surface area contributed by atoms with Crippen LogP contribution in [0.1, 0.15) is 19.4 Å². The molecule has 1 heterocycles. The molecule has 0 saturated heterocycles. The summed E-state index contributed by atoms with van der Waals surface area (Å²) in [4.78, 5) is 0. The Hall–Kier alpha value is -1.51. The first-order chi connectivity index (χ1) is 6.66. The summed E-state index contributed by atoms with van der Waals surface area (Å²) >= 11 is 0. The fraction of sp³-hybridized carbons (Fsp3) is 0.364. The fourth-order valence-corrected chi connectivity index (χ4v) is 1.44. The van der Waals surface area contributed by atoms with Crippen LogP contribution in [0.15, 0.2) is 18.3 Å². The minimum atomic E-state index is 0.755. The second-order valence-corrected chi connectivity index (χ2v) is 3.09. The predicted octanol–water partition coefficient (Wildman–Crippen LogP) is 2.49. The van der Waals surface area contributed by atoms with Crippen LogP contribution in [0.25, 0.3) is 10.9 Å². The Balaban J connectivity index is 0.000000461. The molecule has 2 aromatic rings. The van der Waals surface area contributed by atoms with Crippen LogP contribution < -0.4 is 5.73 Å². The third-order valence-corrected chi connectivity index (χ3v) is 1.90. The minimum Gasteiger partial charge on any atom is -0.397 e. The zero-order chi connectivity index (χ0) is 10.7. The van der Waals surface area contributed by atoms with Gasteiger partial charge in [0.05, 0.1) is 5.69 Å². The van der Waals surface area contributed by atoms with Gasteiger partial charge in [0.2, 0.25) is 0 Å². The van der Waals surface area contributed by atoms with E-state index in [0.29, 0.717) is 0 Å². The molecule has 3 heteroatoms. The van der Waals surface area contributed by atoms with Gasteiger partial charge in [0.15, 0.2) is 0 Å². The van der Waals surface area contributed by atoms with Gasteiger partial charge in [0.25, 0.3) is 0 Å². The van der Waals surface area contributed by atoms with E-state index in [1.54, 1.807) is 4.68 Å². The molecule has 0 unspecified atom stereocenters. The van der Waals surface area contributed by atoms with Crippen molar-refractivity contribution in [3.05, 3.63) is 23.9 Å². The highest BCUT2D eigenvalue weighted by atomic mass is 15.2. The van der Waals surface area contributed by atoms with Crippen molar-refractivity contribution < 1.29 is 0 Å². The van der Waals surface area contributed by atoms with E-state index in [1.807, 2.05) is 40.1 Å². The van der Waals surface area contributed by atoms with Gasteiger partial charge in [0.1, 0.15) is 5.52 Å². The summed E-state index contributed by atoms with van der Waals surface area (Å²) in [5.41, 5.74) is 8.62. The molecule has 0 spiro atoms. The Bertz CT molecular complexity index is 429. The van der Waals surface area contributed by atoms with Gasteiger partial charge in [-0.3, -0.25) is 4.68 Å². The largest absolute Gasteiger partial charge is 0.397 e. The van der Waals surface area contributed by atoms with Crippen molar-refractivity contribution in [3.8, 4) is 0 Å². The first-order valence-electron chi connectivity index (χ1n) is 4.86. The van der Waals surface area contributed by atoms with Crippen LogP contribution in [0.2, 0.25) is 0 Å². The maximum absolute atomic E-state index is 5.79. The summed E-state index contributed by atoms with van der Waals surface area (Å²) in [6.07, 6.45) is 1.97. The zero-order valence-electron chi connectivity index (χ0n) is 9.20. The molecule has 2 rings (SSSR count). The lowest BCUT2D eigenvalue weighted by Gasteiger charge is -1.95. The van der Waals surface area contributed by atoms with Gasteiger partial charge in [-0.1, -0.05) is 13.8 Å². The van der Waals surface area contributed by atoms with Gasteiger partial charge in [0, 0.05) is 18.6 Å². The van der Waals surface area contributed by atoms with E-state index in [2.05, 4.69) is 11.2 Å². The summed E-state index contributed by atoms with van der Waals surface area (Å²) in [6, 6.07) is 4.02. The molecule has 14 heavy (non-hydrogen) atoms. The van der Waals surface area contributed by atoms with E-state index in [1.165, 1.54) is 5.56 Å². The number of nitrogens with zero attached hydrogens (tertiary/aromatic N) is 2. The highest BCUT2D eigenvalue weighted by Gasteiger charge is 2.02. The monoisotopic (exact) mass is 191 g/mol. The molecule has 0 radical (unpaired) electrons. The van der Waals surface area contributed by atoms with Gasteiger partial charge in [-0.2, -0.15) is 5.10 Å². The lowest BCUT2D eigenvalue weighted by Crippen LogP contribution is -1.89. The molecule has 0 atom stereocenters. The maximum Gasteiger partial charge on any atom is 0.115 e. The molecule has 0 aliphatic heterocycles. The SMILES string of the molecule is CC.Cc1cc(N)c2nn(C)cc2c1. The first-order valence-corrected chi connectivity index (χ1v) is 4.86. The Morgan fingerprint density at radius 1 is 1.29 bits per heavy atom. The number of aryl methyl sites for hydroxylation is 2. The summed E-state index contributed by atoms with van der Waals surface area (Å²) in [7, 11) is 1.90. The number of benzene rings is 1. The van der Waals surface area contributed by atoms with Crippen LogP contribution in [0.4, 0.5) is 5.69 Å². The standard InChI is InChI=1S/C9H11N3.C2H6/c1-6-3-7-5-12(2)11-9(7)8(10)4-6;1-2/h3-5H,10H2,1-2H3;1-2H3. The molecular weight excluding hydrogens is 174 g/mol. The molecule has 2 N–H and O–H groups in total. The Morgan fingerprint density at radius 2 is 1.93 bits per heavy atom. The molecular formula is C11H17N3. The Labute approximate surface area is 84.5 Å². The van der Waals surface area contributed by atoms with E-state index in [9.17, 15) is 0 Å². The van der Waals surface area contributed by atoms with Crippen LogP contribution >= 0.6 is 0 Å². The Kier molecular flexibility index (Phi) is 3.12. The van der Waals surface area contributed by atoms with Crippen molar-refractivity contribution in [1.82, 2.24) is 9.78 Å². The average molecular weight is 191 g/mol.